The Morgan fingerprint density at radius 1 is 0.879 bits per heavy atom. The summed E-state index contributed by atoms with van der Waals surface area (Å²) in [4.78, 5) is 13.1. The van der Waals surface area contributed by atoms with Gasteiger partial charge in [0.15, 0.2) is 11.5 Å². The summed E-state index contributed by atoms with van der Waals surface area (Å²) in [5, 5.41) is 3.28. The smallest absolute Gasteiger partial charge is 0.251 e. The zero-order valence-corrected chi connectivity index (χ0v) is 19.3. The number of methoxy groups -OCH3 is 2. The number of rotatable bonds is 8. The van der Waals surface area contributed by atoms with E-state index in [-0.39, 0.29) is 17.9 Å². The van der Waals surface area contributed by atoms with Gasteiger partial charge in [0.05, 0.1) is 14.2 Å². The lowest BCUT2D eigenvalue weighted by Crippen LogP contribution is -2.41. The minimum Gasteiger partial charge on any atom is -0.493 e. The lowest BCUT2D eigenvalue weighted by Gasteiger charge is -2.33. The molecule has 5 heteroatoms. The predicted octanol–water partition coefficient (Wildman–Crippen LogP) is 5.74. The summed E-state index contributed by atoms with van der Waals surface area (Å²) in [6.45, 7) is 0.468. The molecule has 33 heavy (non-hydrogen) atoms. The number of nitrogens with one attached hydrogen (secondary N) is 1. The van der Waals surface area contributed by atoms with Crippen LogP contribution in [0.5, 0.6) is 17.2 Å². The second kappa shape index (κ2) is 10.9. The van der Waals surface area contributed by atoms with Crippen molar-refractivity contribution in [2.75, 3.05) is 14.2 Å². The van der Waals surface area contributed by atoms with Crippen LogP contribution in [0.25, 0.3) is 0 Å². The van der Waals surface area contributed by atoms with Crippen LogP contribution in [0, 0.1) is 0 Å². The molecule has 0 aliphatic heterocycles. The molecule has 0 heterocycles. The van der Waals surface area contributed by atoms with Gasteiger partial charge in [-0.15, -0.1) is 0 Å². The van der Waals surface area contributed by atoms with Gasteiger partial charge in [-0.2, -0.15) is 0 Å². The third-order valence-electron chi connectivity index (χ3n) is 6.26. The van der Waals surface area contributed by atoms with E-state index in [1.165, 1.54) is 0 Å². The van der Waals surface area contributed by atoms with Gasteiger partial charge in [0.2, 0.25) is 0 Å². The van der Waals surface area contributed by atoms with Gasteiger partial charge in [0.1, 0.15) is 12.4 Å². The first-order chi connectivity index (χ1) is 16.2. The van der Waals surface area contributed by atoms with Crippen molar-refractivity contribution in [3.63, 3.8) is 0 Å². The van der Waals surface area contributed by atoms with Crippen LogP contribution in [0.2, 0.25) is 0 Å². The quantitative estimate of drug-likeness (QED) is 0.480. The number of ether oxygens (including phenoxy) is 3. The lowest BCUT2D eigenvalue weighted by atomic mass is 9.79. The van der Waals surface area contributed by atoms with Crippen molar-refractivity contribution in [3.05, 3.63) is 89.5 Å². The Balaban J connectivity index is 1.45. The van der Waals surface area contributed by atoms with E-state index in [9.17, 15) is 4.79 Å². The highest BCUT2D eigenvalue weighted by Gasteiger charge is 2.29. The molecule has 1 amide bonds. The fourth-order valence-electron chi connectivity index (χ4n) is 4.51. The van der Waals surface area contributed by atoms with Crippen molar-refractivity contribution in [2.24, 2.45) is 0 Å². The summed E-state index contributed by atoms with van der Waals surface area (Å²) in [5.74, 6) is 2.28. The maximum absolute atomic E-state index is 13.1. The molecule has 3 aromatic rings. The Morgan fingerprint density at radius 3 is 2.45 bits per heavy atom. The highest BCUT2D eigenvalue weighted by Crippen LogP contribution is 2.37. The van der Waals surface area contributed by atoms with Crippen LogP contribution in [-0.2, 0) is 6.61 Å². The van der Waals surface area contributed by atoms with Crippen molar-refractivity contribution >= 4 is 5.91 Å². The molecule has 0 saturated heterocycles. The van der Waals surface area contributed by atoms with E-state index >= 15 is 0 Å². The summed E-state index contributed by atoms with van der Waals surface area (Å²) in [6, 6.07) is 23.5. The number of carbonyl (C=O) groups excluding carboxylic acids is 1. The fourth-order valence-corrected chi connectivity index (χ4v) is 4.51. The van der Waals surface area contributed by atoms with Crippen LogP contribution >= 0.6 is 0 Å². The first-order valence-corrected chi connectivity index (χ1v) is 11.5. The average molecular weight is 446 g/mol. The number of amides is 1. The third-order valence-corrected chi connectivity index (χ3v) is 6.26. The molecule has 1 aliphatic carbocycles. The predicted molar refractivity (Wildman–Crippen MR) is 129 cm³/mol. The van der Waals surface area contributed by atoms with Crippen molar-refractivity contribution in [2.45, 2.75) is 44.2 Å². The van der Waals surface area contributed by atoms with Crippen molar-refractivity contribution in [3.8, 4) is 17.2 Å². The molecule has 3 aromatic carbocycles. The van der Waals surface area contributed by atoms with E-state index in [0.29, 0.717) is 29.4 Å². The molecule has 5 nitrogen and oxygen atoms in total. The van der Waals surface area contributed by atoms with Crippen LogP contribution in [0.3, 0.4) is 0 Å². The summed E-state index contributed by atoms with van der Waals surface area (Å²) in [5.41, 5.74) is 2.86. The van der Waals surface area contributed by atoms with Gasteiger partial charge in [-0.05, 0) is 54.3 Å². The van der Waals surface area contributed by atoms with E-state index in [1.807, 2.05) is 66.7 Å². The van der Waals surface area contributed by atoms with Crippen molar-refractivity contribution in [1.29, 1.82) is 0 Å². The zero-order chi connectivity index (χ0) is 23.0. The molecule has 0 unspecified atom stereocenters. The molecule has 1 N–H and O–H groups in total. The molecule has 0 aromatic heterocycles. The average Bonchev–Trinajstić information content (AvgIpc) is 2.88. The Morgan fingerprint density at radius 2 is 1.67 bits per heavy atom. The third kappa shape index (κ3) is 5.67. The topological polar surface area (TPSA) is 56.8 Å². The maximum atomic E-state index is 13.1. The van der Waals surface area contributed by atoms with E-state index in [2.05, 4.69) is 11.4 Å². The minimum atomic E-state index is -0.0717. The molecule has 0 radical (unpaired) electrons. The SMILES string of the molecule is COc1ccc([C@H]2CCCC[C@H]2NC(=O)c2cccc(OCc3ccccc3)c2)cc1OC. The summed E-state index contributed by atoms with van der Waals surface area (Å²) < 4.78 is 16.8. The number of carbonyl (C=O) groups is 1. The van der Waals surface area contributed by atoms with Gasteiger partial charge in [-0.25, -0.2) is 0 Å². The highest BCUT2D eigenvalue weighted by molar-refractivity contribution is 5.94. The molecular formula is C28H31NO4. The monoisotopic (exact) mass is 445 g/mol. The van der Waals surface area contributed by atoms with Gasteiger partial charge in [-0.3, -0.25) is 4.79 Å². The van der Waals surface area contributed by atoms with Crippen molar-refractivity contribution in [1.82, 2.24) is 5.32 Å². The van der Waals surface area contributed by atoms with Crippen molar-refractivity contribution < 1.29 is 19.0 Å². The normalized spacial score (nSPS) is 17.8. The van der Waals surface area contributed by atoms with Crippen LogP contribution in [-0.4, -0.2) is 26.2 Å². The molecule has 0 spiro atoms. The number of benzene rings is 3. The van der Waals surface area contributed by atoms with E-state index in [4.69, 9.17) is 14.2 Å². The molecule has 1 aliphatic rings. The largest absolute Gasteiger partial charge is 0.493 e. The standard InChI is InChI=1S/C28H31NO4/c1-31-26-16-15-21(18-27(26)32-2)24-13-6-7-14-25(24)29-28(30)22-11-8-12-23(17-22)33-19-20-9-4-3-5-10-20/h3-5,8-12,15-18,24-25H,6-7,13-14,19H2,1-2H3,(H,29,30)/t24-,25-/m1/s1. The zero-order valence-electron chi connectivity index (χ0n) is 19.3. The number of hydrogen-bond donors (Lipinski definition) is 1. The second-order valence-corrected chi connectivity index (χ2v) is 8.39. The first-order valence-electron chi connectivity index (χ1n) is 11.5. The first kappa shape index (κ1) is 22.7. The second-order valence-electron chi connectivity index (χ2n) is 8.39. The highest BCUT2D eigenvalue weighted by atomic mass is 16.5. The molecular weight excluding hydrogens is 414 g/mol. The summed E-state index contributed by atoms with van der Waals surface area (Å²) in [7, 11) is 3.29. The van der Waals surface area contributed by atoms with Crippen LogP contribution in [0.1, 0.15) is 53.1 Å². The number of hydrogen-bond acceptors (Lipinski definition) is 4. The van der Waals surface area contributed by atoms with Gasteiger partial charge in [0.25, 0.3) is 5.91 Å². The molecule has 1 fully saturated rings. The van der Waals surface area contributed by atoms with Gasteiger partial charge in [-0.1, -0.05) is 55.3 Å². The Kier molecular flexibility index (Phi) is 7.51. The molecule has 2 atom stereocenters. The fraction of sp³-hybridized carbons (Fsp3) is 0.321. The van der Waals surface area contributed by atoms with E-state index in [0.717, 1.165) is 36.8 Å². The van der Waals surface area contributed by atoms with Gasteiger partial charge < -0.3 is 19.5 Å². The van der Waals surface area contributed by atoms with Crippen LogP contribution in [0.4, 0.5) is 0 Å². The summed E-state index contributed by atoms with van der Waals surface area (Å²) >= 11 is 0. The van der Waals surface area contributed by atoms with Crippen LogP contribution < -0.4 is 19.5 Å². The van der Waals surface area contributed by atoms with Crippen LogP contribution in [0.15, 0.2) is 72.8 Å². The molecule has 1 saturated carbocycles. The van der Waals surface area contributed by atoms with E-state index < -0.39 is 0 Å². The Bertz CT molecular complexity index is 1070. The maximum Gasteiger partial charge on any atom is 0.251 e. The Hall–Kier alpha value is -3.47. The summed E-state index contributed by atoms with van der Waals surface area (Å²) in [6.07, 6.45) is 4.23. The lowest BCUT2D eigenvalue weighted by molar-refractivity contribution is 0.0920. The Labute approximate surface area is 195 Å². The minimum absolute atomic E-state index is 0.0678. The molecule has 4 rings (SSSR count). The van der Waals surface area contributed by atoms with Gasteiger partial charge >= 0.3 is 0 Å². The van der Waals surface area contributed by atoms with Gasteiger partial charge in [0, 0.05) is 17.5 Å². The molecule has 172 valence electrons. The van der Waals surface area contributed by atoms with E-state index in [1.54, 1.807) is 14.2 Å². The molecule has 0 bridgehead atoms.